The molecule has 1 fully saturated rings. The summed E-state index contributed by atoms with van der Waals surface area (Å²) in [6.07, 6.45) is 3.42. The van der Waals surface area contributed by atoms with Gasteiger partial charge in [-0.3, -0.25) is 4.98 Å². The number of nitrogens with one attached hydrogen (secondary N) is 2. The van der Waals surface area contributed by atoms with E-state index in [0.29, 0.717) is 22.2 Å². The number of pyridine rings is 1. The zero-order chi connectivity index (χ0) is 20.2. The van der Waals surface area contributed by atoms with Gasteiger partial charge >= 0.3 is 0 Å². The number of hydrogen-bond acceptors (Lipinski definition) is 6. The van der Waals surface area contributed by atoms with Crippen molar-refractivity contribution in [1.82, 2.24) is 24.8 Å². The van der Waals surface area contributed by atoms with Crippen LogP contribution in [0.2, 0.25) is 0 Å². The monoisotopic (exact) mass is 411 g/mol. The number of imidazole rings is 1. The highest BCUT2D eigenvalue weighted by molar-refractivity contribution is 7.91. The van der Waals surface area contributed by atoms with E-state index in [0.717, 1.165) is 25.0 Å². The largest absolute Gasteiger partial charge is 0.385 e. The first-order chi connectivity index (χ1) is 14.0. The van der Waals surface area contributed by atoms with Crippen LogP contribution in [0, 0.1) is 0 Å². The minimum absolute atomic E-state index is 0.0662. The van der Waals surface area contributed by atoms with Crippen LogP contribution in [0.15, 0.2) is 52.6 Å². The van der Waals surface area contributed by atoms with Crippen molar-refractivity contribution < 1.29 is 13.5 Å². The van der Waals surface area contributed by atoms with Crippen LogP contribution in [0.3, 0.4) is 0 Å². The topological polar surface area (TPSA) is 113 Å². The van der Waals surface area contributed by atoms with Crippen molar-refractivity contribution in [3.05, 3.63) is 48.5 Å². The predicted molar refractivity (Wildman–Crippen MR) is 108 cm³/mol. The molecule has 1 aliphatic rings. The smallest absolute Gasteiger partial charge is 0.224 e. The lowest BCUT2D eigenvalue weighted by molar-refractivity contribution is 0.182. The summed E-state index contributed by atoms with van der Waals surface area (Å²) in [5.41, 5.74) is 1.82. The van der Waals surface area contributed by atoms with Crippen molar-refractivity contribution in [3.8, 4) is 0 Å². The molecule has 0 bridgehead atoms. The number of aromatic nitrogens is 4. The van der Waals surface area contributed by atoms with Gasteiger partial charge in [0.1, 0.15) is 23.0 Å². The highest BCUT2D eigenvalue weighted by Crippen LogP contribution is 2.35. The molecular weight excluding hydrogens is 390 g/mol. The van der Waals surface area contributed by atoms with Crippen LogP contribution in [0.5, 0.6) is 0 Å². The molecule has 29 heavy (non-hydrogen) atoms. The molecule has 0 spiro atoms. The Kier molecular flexibility index (Phi) is 4.19. The third-order valence-electron chi connectivity index (χ3n) is 5.45. The van der Waals surface area contributed by atoms with Gasteiger partial charge < -0.3 is 20.0 Å². The number of H-pyrrole nitrogens is 1. The number of fused-ring (bicyclic) bond motifs is 3. The fraction of sp³-hybridized carbons (Fsp3) is 0.300. The molecular formula is C20H21N5O3S. The van der Waals surface area contributed by atoms with E-state index < -0.39 is 15.9 Å². The van der Waals surface area contributed by atoms with Gasteiger partial charge in [-0.05, 0) is 32.0 Å². The molecule has 1 aliphatic heterocycles. The predicted octanol–water partition coefficient (Wildman–Crippen LogP) is 2.33. The minimum Gasteiger partial charge on any atom is -0.385 e. The molecule has 1 aromatic carbocycles. The molecule has 0 saturated carbocycles. The summed E-state index contributed by atoms with van der Waals surface area (Å²) in [6.45, 7) is 3.35. The average molecular weight is 411 g/mol. The first-order valence-electron chi connectivity index (χ1n) is 9.55. The number of sulfone groups is 1. The number of benzene rings is 1. The maximum atomic E-state index is 13.2. The second-order valence-corrected chi connectivity index (χ2v) is 9.24. The molecule has 3 N–H and O–H groups in total. The molecule has 150 valence electrons. The molecule has 0 amide bonds. The number of aromatic amines is 1. The average Bonchev–Trinajstić information content (AvgIpc) is 3.44. The third kappa shape index (κ3) is 2.77. The van der Waals surface area contributed by atoms with Crippen LogP contribution in [0.1, 0.15) is 31.3 Å². The molecule has 4 aromatic rings. The van der Waals surface area contributed by atoms with Gasteiger partial charge in [-0.15, -0.1) is 0 Å². The van der Waals surface area contributed by atoms with E-state index in [9.17, 15) is 13.5 Å². The second-order valence-electron chi connectivity index (χ2n) is 7.35. The van der Waals surface area contributed by atoms with E-state index in [1.54, 1.807) is 49.6 Å². The van der Waals surface area contributed by atoms with Crippen molar-refractivity contribution in [3.63, 3.8) is 0 Å². The summed E-state index contributed by atoms with van der Waals surface area (Å²) < 4.78 is 28.4. The molecule has 8 nitrogen and oxygen atoms in total. The molecule has 3 aromatic heterocycles. The van der Waals surface area contributed by atoms with E-state index in [4.69, 9.17) is 0 Å². The SMILES string of the molecule is C[C@@H](O)c1nc2cnc3c(S(=O)(=O)c4ccccc4)[nH]cc3c2n1[C@H]1CCNC1. The van der Waals surface area contributed by atoms with Crippen LogP contribution < -0.4 is 5.32 Å². The van der Waals surface area contributed by atoms with Crippen LogP contribution >= 0.6 is 0 Å². The molecule has 0 unspecified atom stereocenters. The standard InChI is InChI=1S/C20H21N5O3S/c1-12(26)19-24-16-11-22-17-15(18(16)25(19)13-7-8-21-9-13)10-23-20(17)29(27,28)14-5-3-2-4-6-14/h2-6,10-13,21,23,26H,7-9H2,1H3/t12-,13+/m1/s1. The number of nitrogens with zero attached hydrogens (tertiary/aromatic N) is 3. The normalized spacial score (nSPS) is 18.6. The zero-order valence-corrected chi connectivity index (χ0v) is 16.6. The lowest BCUT2D eigenvalue weighted by atomic mass is 10.2. The highest BCUT2D eigenvalue weighted by atomic mass is 32.2. The number of aliphatic hydroxyl groups excluding tert-OH is 1. The summed E-state index contributed by atoms with van der Waals surface area (Å²) >= 11 is 0. The van der Waals surface area contributed by atoms with Crippen molar-refractivity contribution in [2.75, 3.05) is 13.1 Å². The van der Waals surface area contributed by atoms with Gasteiger partial charge in [0.15, 0.2) is 5.03 Å². The molecule has 5 rings (SSSR count). The maximum Gasteiger partial charge on any atom is 0.224 e. The Bertz CT molecular complexity index is 1300. The van der Waals surface area contributed by atoms with E-state index in [1.165, 1.54) is 0 Å². The Morgan fingerprint density at radius 2 is 2.07 bits per heavy atom. The van der Waals surface area contributed by atoms with Gasteiger partial charge in [0, 0.05) is 24.2 Å². The Morgan fingerprint density at radius 1 is 1.28 bits per heavy atom. The molecule has 1 saturated heterocycles. The van der Waals surface area contributed by atoms with E-state index in [-0.39, 0.29) is 16.0 Å². The highest BCUT2D eigenvalue weighted by Gasteiger charge is 2.29. The first kappa shape index (κ1) is 18.3. The minimum atomic E-state index is -3.74. The Morgan fingerprint density at radius 3 is 2.76 bits per heavy atom. The summed E-state index contributed by atoms with van der Waals surface area (Å²) in [5.74, 6) is 0.566. The summed E-state index contributed by atoms with van der Waals surface area (Å²) in [4.78, 5) is 12.2. The van der Waals surface area contributed by atoms with Crippen LogP contribution in [-0.4, -0.2) is 46.1 Å². The molecule has 0 radical (unpaired) electrons. The summed E-state index contributed by atoms with van der Waals surface area (Å²) in [6, 6.07) is 8.45. The van der Waals surface area contributed by atoms with Gasteiger partial charge in [-0.2, -0.15) is 0 Å². The van der Waals surface area contributed by atoms with Gasteiger partial charge in [0.05, 0.1) is 16.6 Å². The summed E-state index contributed by atoms with van der Waals surface area (Å²) in [5, 5.41) is 14.4. The maximum absolute atomic E-state index is 13.2. The Labute approximate surface area is 167 Å². The second kappa shape index (κ2) is 6.65. The Balaban J connectivity index is 1.79. The van der Waals surface area contributed by atoms with E-state index in [1.807, 2.05) is 4.57 Å². The van der Waals surface area contributed by atoms with Crippen LogP contribution in [-0.2, 0) is 9.84 Å². The van der Waals surface area contributed by atoms with Gasteiger partial charge in [0.25, 0.3) is 0 Å². The van der Waals surface area contributed by atoms with Crippen molar-refractivity contribution in [1.29, 1.82) is 0 Å². The molecule has 0 aliphatic carbocycles. The number of aliphatic hydroxyl groups is 1. The molecule has 4 heterocycles. The third-order valence-corrected chi connectivity index (χ3v) is 7.19. The van der Waals surface area contributed by atoms with Gasteiger partial charge in [-0.25, -0.2) is 13.4 Å². The van der Waals surface area contributed by atoms with Crippen LogP contribution in [0.25, 0.3) is 21.9 Å². The lowest BCUT2D eigenvalue weighted by Gasteiger charge is -2.17. The molecule has 9 heteroatoms. The van der Waals surface area contributed by atoms with E-state index in [2.05, 4.69) is 20.3 Å². The van der Waals surface area contributed by atoms with Gasteiger partial charge in [-0.1, -0.05) is 18.2 Å². The number of hydrogen-bond donors (Lipinski definition) is 3. The fourth-order valence-corrected chi connectivity index (χ4v) is 5.49. The Hall–Kier alpha value is -2.75. The van der Waals surface area contributed by atoms with E-state index >= 15 is 0 Å². The van der Waals surface area contributed by atoms with Crippen LogP contribution in [0.4, 0.5) is 0 Å². The summed E-state index contributed by atoms with van der Waals surface area (Å²) in [7, 11) is -3.74. The van der Waals surface area contributed by atoms with Crippen molar-refractivity contribution in [2.24, 2.45) is 0 Å². The first-order valence-corrected chi connectivity index (χ1v) is 11.0. The number of rotatable bonds is 4. The van der Waals surface area contributed by atoms with Crippen molar-refractivity contribution >= 4 is 31.8 Å². The quantitative estimate of drug-likeness (QED) is 0.475. The molecule has 2 atom stereocenters. The van der Waals surface area contributed by atoms with Gasteiger partial charge in [0.2, 0.25) is 9.84 Å². The van der Waals surface area contributed by atoms with Crippen molar-refractivity contribution in [2.45, 2.75) is 35.4 Å². The zero-order valence-electron chi connectivity index (χ0n) is 15.8. The lowest BCUT2D eigenvalue weighted by Crippen LogP contribution is -2.17. The fourth-order valence-electron chi connectivity index (χ4n) is 4.10.